The lowest BCUT2D eigenvalue weighted by molar-refractivity contribution is -0.135. The van der Waals surface area contributed by atoms with Gasteiger partial charge in [0.25, 0.3) is 0 Å². The fourth-order valence-electron chi connectivity index (χ4n) is 1.88. The van der Waals surface area contributed by atoms with Gasteiger partial charge in [0.1, 0.15) is 11.8 Å². The molecule has 0 heterocycles. The number of carbonyl (C=O) groups excluding carboxylic acids is 2. The summed E-state index contributed by atoms with van der Waals surface area (Å²) in [7, 11) is 0. The molecule has 0 bridgehead atoms. The summed E-state index contributed by atoms with van der Waals surface area (Å²) in [5, 5.41) is 0. The standard InChI is InChI=1S/C17H16NO3/c1-12(19)14-8-5-9-15(11-14)21-17(20)16(18)10-13-6-3-2-4-7-13/h2-9,11,16H,1,10,18H2/t16-/m0/s1. The number of hydrogen-bond donors (Lipinski definition) is 1. The molecule has 2 rings (SSSR count). The molecule has 4 heteroatoms. The predicted octanol–water partition coefficient (Wildman–Crippen LogP) is 2.18. The maximum absolute atomic E-state index is 12.0. The normalized spacial score (nSPS) is 11.7. The van der Waals surface area contributed by atoms with E-state index in [2.05, 4.69) is 6.92 Å². The van der Waals surface area contributed by atoms with Gasteiger partial charge in [-0.2, -0.15) is 0 Å². The zero-order valence-corrected chi connectivity index (χ0v) is 11.5. The molecule has 107 valence electrons. The lowest BCUT2D eigenvalue weighted by atomic mass is 10.1. The second-order valence-electron chi connectivity index (χ2n) is 4.67. The molecule has 21 heavy (non-hydrogen) atoms. The molecule has 4 nitrogen and oxygen atoms in total. The van der Waals surface area contributed by atoms with Crippen molar-refractivity contribution in [3.8, 4) is 5.75 Å². The number of carbonyl (C=O) groups is 2. The Balaban J connectivity index is 2.00. The molecule has 0 saturated heterocycles. The van der Waals surface area contributed by atoms with Crippen molar-refractivity contribution in [2.24, 2.45) is 5.73 Å². The van der Waals surface area contributed by atoms with Gasteiger partial charge in [-0.3, -0.25) is 4.79 Å². The molecule has 1 atom stereocenters. The van der Waals surface area contributed by atoms with Gasteiger partial charge in [-0.25, -0.2) is 4.79 Å². The first-order chi connectivity index (χ1) is 10.1. The number of ether oxygens (including phenoxy) is 1. The highest BCUT2D eigenvalue weighted by atomic mass is 16.5. The minimum absolute atomic E-state index is 0.290. The molecule has 0 saturated carbocycles. The fourth-order valence-corrected chi connectivity index (χ4v) is 1.88. The van der Waals surface area contributed by atoms with Crippen molar-refractivity contribution in [2.75, 3.05) is 0 Å². The summed E-state index contributed by atoms with van der Waals surface area (Å²) in [5.41, 5.74) is 7.19. The predicted molar refractivity (Wildman–Crippen MR) is 79.9 cm³/mol. The van der Waals surface area contributed by atoms with Gasteiger partial charge in [0.15, 0.2) is 5.78 Å². The number of hydrogen-bond acceptors (Lipinski definition) is 4. The van der Waals surface area contributed by atoms with E-state index in [0.29, 0.717) is 12.0 Å². The number of benzene rings is 2. The molecule has 0 amide bonds. The monoisotopic (exact) mass is 282 g/mol. The Bertz CT molecular complexity index is 637. The van der Waals surface area contributed by atoms with Crippen LogP contribution in [-0.2, 0) is 11.2 Å². The number of nitrogens with two attached hydrogens (primary N) is 1. The summed E-state index contributed by atoms with van der Waals surface area (Å²) in [4.78, 5) is 23.1. The Morgan fingerprint density at radius 1 is 1.10 bits per heavy atom. The van der Waals surface area contributed by atoms with E-state index in [1.54, 1.807) is 18.2 Å². The van der Waals surface area contributed by atoms with Crippen LogP contribution in [-0.4, -0.2) is 17.8 Å². The molecule has 2 aromatic carbocycles. The van der Waals surface area contributed by atoms with Gasteiger partial charge in [-0.05, 0) is 24.1 Å². The number of esters is 1. The maximum atomic E-state index is 12.0. The zero-order valence-electron chi connectivity index (χ0n) is 11.5. The first kappa shape index (κ1) is 14.9. The third kappa shape index (κ3) is 4.26. The van der Waals surface area contributed by atoms with Gasteiger partial charge in [0, 0.05) is 12.5 Å². The average molecular weight is 282 g/mol. The quantitative estimate of drug-likeness (QED) is 0.518. The summed E-state index contributed by atoms with van der Waals surface area (Å²) < 4.78 is 5.20. The average Bonchev–Trinajstić information content (AvgIpc) is 2.48. The maximum Gasteiger partial charge on any atom is 0.328 e. The van der Waals surface area contributed by atoms with E-state index in [9.17, 15) is 9.59 Å². The van der Waals surface area contributed by atoms with Crippen LogP contribution in [0.25, 0.3) is 0 Å². The fraction of sp³-hybridized carbons (Fsp3) is 0.118. The highest BCUT2D eigenvalue weighted by Crippen LogP contribution is 2.14. The van der Waals surface area contributed by atoms with Gasteiger partial charge in [-0.15, -0.1) is 0 Å². The molecular weight excluding hydrogens is 266 g/mol. The number of rotatable bonds is 5. The molecule has 2 N–H and O–H groups in total. The molecule has 0 aliphatic rings. The summed E-state index contributed by atoms with van der Waals surface area (Å²) in [5.74, 6) is -0.577. The lowest BCUT2D eigenvalue weighted by Gasteiger charge is -2.11. The molecular formula is C17H16NO3. The molecule has 0 aromatic heterocycles. The molecule has 0 aliphatic heterocycles. The number of Topliss-reactive ketones (excluding diaryl/α,β-unsaturated/α-hetero) is 1. The van der Waals surface area contributed by atoms with Gasteiger partial charge >= 0.3 is 5.97 Å². The Morgan fingerprint density at radius 2 is 1.81 bits per heavy atom. The summed E-state index contributed by atoms with van der Waals surface area (Å²) in [6, 6.07) is 15.0. The van der Waals surface area contributed by atoms with Crippen molar-refractivity contribution in [1.82, 2.24) is 0 Å². The van der Waals surface area contributed by atoms with Crippen LogP contribution >= 0.6 is 0 Å². The van der Waals surface area contributed by atoms with Crippen molar-refractivity contribution in [3.05, 3.63) is 72.6 Å². The first-order valence-corrected chi connectivity index (χ1v) is 6.54. The smallest absolute Gasteiger partial charge is 0.328 e. The van der Waals surface area contributed by atoms with E-state index in [0.717, 1.165) is 5.56 Å². The van der Waals surface area contributed by atoms with Crippen LogP contribution in [0, 0.1) is 6.92 Å². The second-order valence-corrected chi connectivity index (χ2v) is 4.67. The Labute approximate surface area is 123 Å². The molecule has 0 unspecified atom stereocenters. The largest absolute Gasteiger partial charge is 0.425 e. The van der Waals surface area contributed by atoms with E-state index >= 15 is 0 Å². The topological polar surface area (TPSA) is 69.4 Å². The van der Waals surface area contributed by atoms with Gasteiger partial charge in [0.2, 0.25) is 0 Å². The Morgan fingerprint density at radius 3 is 2.48 bits per heavy atom. The highest BCUT2D eigenvalue weighted by Gasteiger charge is 2.16. The van der Waals surface area contributed by atoms with Crippen LogP contribution in [0.2, 0.25) is 0 Å². The second kappa shape index (κ2) is 6.81. The minimum Gasteiger partial charge on any atom is -0.425 e. The van der Waals surface area contributed by atoms with Crippen LogP contribution in [0.5, 0.6) is 5.75 Å². The van der Waals surface area contributed by atoms with Crippen molar-refractivity contribution in [1.29, 1.82) is 0 Å². The summed E-state index contributed by atoms with van der Waals surface area (Å²) in [6.07, 6.45) is 0.396. The van der Waals surface area contributed by atoms with E-state index < -0.39 is 12.0 Å². The third-order valence-electron chi connectivity index (χ3n) is 2.98. The lowest BCUT2D eigenvalue weighted by Crippen LogP contribution is -2.36. The molecule has 0 aliphatic carbocycles. The minimum atomic E-state index is -0.758. The molecule has 2 aromatic rings. The van der Waals surface area contributed by atoms with Crippen LogP contribution < -0.4 is 10.5 Å². The van der Waals surface area contributed by atoms with E-state index in [-0.39, 0.29) is 11.5 Å². The van der Waals surface area contributed by atoms with Crippen LogP contribution in [0.15, 0.2) is 54.6 Å². The van der Waals surface area contributed by atoms with Crippen LogP contribution in [0.4, 0.5) is 0 Å². The van der Waals surface area contributed by atoms with Crippen LogP contribution in [0.1, 0.15) is 15.9 Å². The van der Waals surface area contributed by atoms with Crippen molar-refractivity contribution in [3.63, 3.8) is 0 Å². The highest BCUT2D eigenvalue weighted by molar-refractivity contribution is 5.99. The Kier molecular flexibility index (Phi) is 4.85. The molecule has 0 spiro atoms. The zero-order chi connectivity index (χ0) is 15.2. The SMILES string of the molecule is [CH2]C(=O)c1cccc(OC(=O)[C@@H](N)Cc2ccccc2)c1. The molecule has 1 radical (unpaired) electrons. The first-order valence-electron chi connectivity index (χ1n) is 6.54. The van der Waals surface area contributed by atoms with Gasteiger partial charge in [0.05, 0.1) is 0 Å². The van der Waals surface area contributed by atoms with Crippen molar-refractivity contribution < 1.29 is 14.3 Å². The van der Waals surface area contributed by atoms with E-state index in [1.807, 2.05) is 30.3 Å². The summed E-state index contributed by atoms with van der Waals surface area (Å²) in [6.45, 7) is 3.32. The van der Waals surface area contributed by atoms with Gasteiger partial charge in [-0.1, -0.05) is 42.5 Å². The van der Waals surface area contributed by atoms with Crippen molar-refractivity contribution >= 4 is 11.8 Å². The van der Waals surface area contributed by atoms with E-state index in [4.69, 9.17) is 10.5 Å². The van der Waals surface area contributed by atoms with Crippen molar-refractivity contribution in [2.45, 2.75) is 12.5 Å². The summed E-state index contributed by atoms with van der Waals surface area (Å²) >= 11 is 0. The van der Waals surface area contributed by atoms with Crippen LogP contribution in [0.3, 0.4) is 0 Å². The van der Waals surface area contributed by atoms with Gasteiger partial charge < -0.3 is 10.5 Å². The third-order valence-corrected chi connectivity index (χ3v) is 2.98. The number of ketones is 1. The van der Waals surface area contributed by atoms with E-state index in [1.165, 1.54) is 6.07 Å². The Hall–Kier alpha value is -2.46. The molecule has 0 fully saturated rings.